The largest absolute Gasteiger partial charge is 0.478 e. The number of carbonyl (C=O) groups is 1. The summed E-state index contributed by atoms with van der Waals surface area (Å²) in [4.78, 5) is 21.6. The number of benzene rings is 2. The van der Waals surface area contributed by atoms with E-state index in [1.165, 1.54) is 18.2 Å². The van der Waals surface area contributed by atoms with E-state index < -0.39 is 16.6 Å². The van der Waals surface area contributed by atoms with Crippen LogP contribution in [-0.2, 0) is 0 Å². The van der Waals surface area contributed by atoms with Gasteiger partial charge in [0.05, 0.1) is 4.92 Å². The third-order valence-corrected chi connectivity index (χ3v) is 3.26. The van der Waals surface area contributed by atoms with Gasteiger partial charge in [-0.1, -0.05) is 22.0 Å². The van der Waals surface area contributed by atoms with E-state index in [1.54, 1.807) is 25.1 Å². The number of nitro benzene ring substituents is 1. The molecule has 2 aromatic rings. The third-order valence-electron chi connectivity index (χ3n) is 2.77. The fraction of sp³-hybridized carbons (Fsp3) is 0.0714. The van der Waals surface area contributed by atoms with Crippen LogP contribution in [0.5, 0.6) is 11.5 Å². The number of nitro groups is 1. The summed E-state index contributed by atoms with van der Waals surface area (Å²) in [6.45, 7) is 1.76. The summed E-state index contributed by atoms with van der Waals surface area (Å²) in [6.07, 6.45) is 0. The van der Waals surface area contributed by atoms with Crippen LogP contribution >= 0.6 is 15.9 Å². The van der Waals surface area contributed by atoms with Crippen molar-refractivity contribution in [1.29, 1.82) is 0 Å². The Kier molecular flexibility index (Phi) is 4.23. The molecule has 0 saturated carbocycles. The predicted molar refractivity (Wildman–Crippen MR) is 79.0 cm³/mol. The maximum atomic E-state index is 11.2. The minimum absolute atomic E-state index is 0.258. The Morgan fingerprint density at radius 3 is 2.62 bits per heavy atom. The van der Waals surface area contributed by atoms with E-state index in [2.05, 4.69) is 15.9 Å². The number of ether oxygens (including phenoxy) is 1. The van der Waals surface area contributed by atoms with E-state index in [4.69, 9.17) is 9.84 Å². The summed E-state index contributed by atoms with van der Waals surface area (Å²) in [6, 6.07) is 8.86. The highest BCUT2D eigenvalue weighted by Crippen LogP contribution is 2.36. The molecule has 0 unspecified atom stereocenters. The van der Waals surface area contributed by atoms with Crippen molar-refractivity contribution >= 4 is 27.6 Å². The summed E-state index contributed by atoms with van der Waals surface area (Å²) in [7, 11) is 0. The average Bonchev–Trinajstić information content (AvgIpc) is 2.41. The van der Waals surface area contributed by atoms with Crippen molar-refractivity contribution in [2.75, 3.05) is 0 Å². The fourth-order valence-corrected chi connectivity index (χ4v) is 2.26. The first-order valence-electron chi connectivity index (χ1n) is 5.85. The van der Waals surface area contributed by atoms with E-state index in [1.807, 2.05) is 0 Å². The van der Waals surface area contributed by atoms with Gasteiger partial charge in [0.1, 0.15) is 11.3 Å². The molecule has 108 valence electrons. The first kappa shape index (κ1) is 15.0. The van der Waals surface area contributed by atoms with Crippen LogP contribution in [0.4, 0.5) is 5.69 Å². The maximum Gasteiger partial charge on any atom is 0.339 e. The number of carboxylic acid groups (broad SMARTS) is 1. The number of aryl methyl sites for hydroxylation is 1. The Hall–Kier alpha value is -2.41. The molecule has 1 N–H and O–H groups in total. The molecule has 0 aromatic heterocycles. The molecule has 0 atom stereocenters. The second-order valence-electron chi connectivity index (χ2n) is 4.23. The highest BCUT2D eigenvalue weighted by Gasteiger charge is 2.24. The van der Waals surface area contributed by atoms with Crippen molar-refractivity contribution in [2.45, 2.75) is 6.92 Å². The standard InChI is InChI=1S/C14H10BrNO5/c1-8-7-9(15)5-6-12(8)21-13-10(14(17)18)3-2-4-11(13)16(19)20/h2-7H,1H3,(H,17,18). The molecular formula is C14H10BrNO5. The van der Waals surface area contributed by atoms with Gasteiger partial charge < -0.3 is 9.84 Å². The number of hydrogen-bond donors (Lipinski definition) is 1. The van der Waals surface area contributed by atoms with Crippen molar-refractivity contribution in [2.24, 2.45) is 0 Å². The SMILES string of the molecule is Cc1cc(Br)ccc1Oc1c(C(=O)O)cccc1[N+](=O)[O-]. The van der Waals surface area contributed by atoms with Gasteiger partial charge in [-0.2, -0.15) is 0 Å². The Labute approximate surface area is 128 Å². The lowest BCUT2D eigenvalue weighted by molar-refractivity contribution is -0.385. The zero-order chi connectivity index (χ0) is 15.6. The molecule has 0 spiro atoms. The molecule has 0 aliphatic rings. The molecule has 0 saturated heterocycles. The van der Waals surface area contributed by atoms with Crippen LogP contribution in [0.2, 0.25) is 0 Å². The molecule has 21 heavy (non-hydrogen) atoms. The lowest BCUT2D eigenvalue weighted by atomic mass is 10.1. The third kappa shape index (κ3) is 3.19. The van der Waals surface area contributed by atoms with Gasteiger partial charge in [0, 0.05) is 10.5 Å². The number of para-hydroxylation sites is 1. The lowest BCUT2D eigenvalue weighted by Crippen LogP contribution is -2.03. The van der Waals surface area contributed by atoms with Crippen LogP contribution in [0.3, 0.4) is 0 Å². The minimum Gasteiger partial charge on any atom is -0.478 e. The smallest absolute Gasteiger partial charge is 0.339 e. The zero-order valence-electron chi connectivity index (χ0n) is 10.9. The van der Waals surface area contributed by atoms with Gasteiger partial charge in [0.25, 0.3) is 0 Å². The van der Waals surface area contributed by atoms with Crippen LogP contribution in [0.25, 0.3) is 0 Å². The average molecular weight is 352 g/mol. The number of rotatable bonds is 4. The predicted octanol–water partition coefficient (Wildman–Crippen LogP) is 4.16. The Bertz CT molecular complexity index is 697. The van der Waals surface area contributed by atoms with E-state index in [0.717, 1.165) is 10.0 Å². The van der Waals surface area contributed by atoms with E-state index in [0.29, 0.717) is 5.75 Å². The molecule has 7 heteroatoms. The molecule has 0 heterocycles. The second-order valence-corrected chi connectivity index (χ2v) is 5.14. The van der Waals surface area contributed by atoms with Gasteiger partial charge in [0.2, 0.25) is 5.75 Å². The quantitative estimate of drug-likeness (QED) is 0.659. The summed E-state index contributed by atoms with van der Waals surface area (Å²) < 4.78 is 6.33. The summed E-state index contributed by atoms with van der Waals surface area (Å²) in [5.41, 5.74) is 0.0719. The van der Waals surface area contributed by atoms with Gasteiger partial charge >= 0.3 is 11.7 Å². The lowest BCUT2D eigenvalue weighted by Gasteiger charge is -2.11. The van der Waals surface area contributed by atoms with Crippen LogP contribution < -0.4 is 4.74 Å². The Morgan fingerprint density at radius 1 is 1.33 bits per heavy atom. The molecule has 0 fully saturated rings. The second kappa shape index (κ2) is 5.92. The molecular weight excluding hydrogens is 342 g/mol. The number of nitrogens with zero attached hydrogens (tertiary/aromatic N) is 1. The van der Waals surface area contributed by atoms with Gasteiger partial charge in [-0.15, -0.1) is 0 Å². The zero-order valence-corrected chi connectivity index (χ0v) is 12.5. The fourth-order valence-electron chi connectivity index (χ4n) is 1.78. The van der Waals surface area contributed by atoms with Gasteiger partial charge in [-0.05, 0) is 36.8 Å². The first-order valence-corrected chi connectivity index (χ1v) is 6.64. The Morgan fingerprint density at radius 2 is 2.05 bits per heavy atom. The molecule has 0 aliphatic heterocycles. The molecule has 0 amide bonds. The number of hydrogen-bond acceptors (Lipinski definition) is 4. The van der Waals surface area contributed by atoms with Crippen LogP contribution in [0.15, 0.2) is 40.9 Å². The molecule has 2 aromatic carbocycles. The molecule has 0 bridgehead atoms. The van der Waals surface area contributed by atoms with Crippen molar-refractivity contribution in [1.82, 2.24) is 0 Å². The summed E-state index contributed by atoms with van der Waals surface area (Å²) >= 11 is 3.30. The van der Waals surface area contributed by atoms with E-state index >= 15 is 0 Å². The summed E-state index contributed by atoms with van der Waals surface area (Å²) in [5.74, 6) is -1.21. The number of aromatic carboxylic acids is 1. The summed E-state index contributed by atoms with van der Waals surface area (Å²) in [5, 5.41) is 20.2. The molecule has 0 aliphatic carbocycles. The van der Waals surface area contributed by atoms with Gasteiger partial charge in [-0.3, -0.25) is 10.1 Å². The maximum absolute atomic E-state index is 11.2. The highest BCUT2D eigenvalue weighted by atomic mass is 79.9. The van der Waals surface area contributed by atoms with Crippen LogP contribution in [-0.4, -0.2) is 16.0 Å². The van der Waals surface area contributed by atoms with Crippen molar-refractivity contribution < 1.29 is 19.6 Å². The molecule has 2 rings (SSSR count). The normalized spacial score (nSPS) is 10.2. The monoisotopic (exact) mass is 351 g/mol. The number of halogens is 1. The molecule has 6 nitrogen and oxygen atoms in total. The van der Waals surface area contributed by atoms with Crippen LogP contribution in [0.1, 0.15) is 15.9 Å². The van der Waals surface area contributed by atoms with E-state index in [-0.39, 0.29) is 11.3 Å². The molecule has 0 radical (unpaired) electrons. The topological polar surface area (TPSA) is 89.7 Å². The van der Waals surface area contributed by atoms with E-state index in [9.17, 15) is 14.9 Å². The van der Waals surface area contributed by atoms with Crippen LogP contribution in [0, 0.1) is 17.0 Å². The van der Waals surface area contributed by atoms with Crippen molar-refractivity contribution in [3.63, 3.8) is 0 Å². The van der Waals surface area contributed by atoms with Gasteiger partial charge in [-0.25, -0.2) is 4.79 Å². The number of carboxylic acids is 1. The first-order chi connectivity index (χ1) is 9.90. The van der Waals surface area contributed by atoms with Crippen molar-refractivity contribution in [3.8, 4) is 11.5 Å². The highest BCUT2D eigenvalue weighted by molar-refractivity contribution is 9.10. The Balaban J connectivity index is 2.56. The van der Waals surface area contributed by atoms with Gasteiger partial charge in [0.15, 0.2) is 0 Å². The van der Waals surface area contributed by atoms with Crippen molar-refractivity contribution in [3.05, 3.63) is 62.1 Å². The minimum atomic E-state index is -1.29.